The van der Waals surface area contributed by atoms with Crippen molar-refractivity contribution in [2.45, 2.75) is 71.8 Å². The molecule has 21 heavy (non-hydrogen) atoms. The number of carboxylic acids is 1. The second-order valence-corrected chi connectivity index (χ2v) is 6.88. The molecule has 0 aromatic rings. The molecule has 1 saturated heterocycles. The van der Waals surface area contributed by atoms with E-state index in [1.54, 1.807) is 0 Å². The van der Waals surface area contributed by atoms with Gasteiger partial charge in [0.25, 0.3) is 0 Å². The van der Waals surface area contributed by atoms with Gasteiger partial charge in [-0.25, -0.2) is 0 Å². The molecule has 1 unspecified atom stereocenters. The summed E-state index contributed by atoms with van der Waals surface area (Å²) in [4.78, 5) is 14.1. The van der Waals surface area contributed by atoms with Gasteiger partial charge in [0, 0.05) is 0 Å². The summed E-state index contributed by atoms with van der Waals surface area (Å²) in [5.41, 5.74) is -0.211. The van der Waals surface area contributed by atoms with Gasteiger partial charge >= 0.3 is 5.97 Å². The third-order valence-electron chi connectivity index (χ3n) is 5.52. The predicted octanol–water partition coefficient (Wildman–Crippen LogP) is 3.12. The van der Waals surface area contributed by atoms with Crippen LogP contribution in [0.2, 0.25) is 0 Å². The number of likely N-dealkylation sites (tertiary alicyclic amines) is 1. The lowest BCUT2D eigenvalue weighted by atomic mass is 9.78. The summed E-state index contributed by atoms with van der Waals surface area (Å²) in [5, 5.41) is 12.7. The van der Waals surface area contributed by atoms with Gasteiger partial charge in [-0.05, 0) is 63.7 Å². The molecular weight excluding hydrogens is 264 g/mol. The first-order valence-corrected chi connectivity index (χ1v) is 8.62. The third-order valence-corrected chi connectivity index (χ3v) is 5.52. The van der Waals surface area contributed by atoms with E-state index in [1.807, 2.05) is 13.8 Å². The van der Waals surface area contributed by atoms with E-state index in [1.165, 1.54) is 19.3 Å². The van der Waals surface area contributed by atoms with Crippen LogP contribution in [0.1, 0.15) is 66.2 Å². The molecule has 0 aromatic carbocycles. The molecule has 0 aliphatic carbocycles. The van der Waals surface area contributed by atoms with E-state index >= 15 is 0 Å². The van der Waals surface area contributed by atoms with Crippen molar-refractivity contribution in [3.63, 3.8) is 0 Å². The summed E-state index contributed by atoms with van der Waals surface area (Å²) < 4.78 is 0. The van der Waals surface area contributed by atoms with Gasteiger partial charge in [0.2, 0.25) is 0 Å². The quantitative estimate of drug-likeness (QED) is 0.687. The minimum atomic E-state index is -0.734. The van der Waals surface area contributed by atoms with Crippen LogP contribution >= 0.6 is 0 Å². The summed E-state index contributed by atoms with van der Waals surface area (Å²) in [6, 6.07) is 0. The first-order chi connectivity index (χ1) is 9.91. The Morgan fingerprint density at radius 3 is 2.33 bits per heavy atom. The van der Waals surface area contributed by atoms with E-state index in [0.29, 0.717) is 24.8 Å². The van der Waals surface area contributed by atoms with E-state index in [0.717, 1.165) is 26.1 Å². The number of carboxylic acid groups (broad SMARTS) is 1. The van der Waals surface area contributed by atoms with Crippen LogP contribution in [0.5, 0.6) is 0 Å². The van der Waals surface area contributed by atoms with Crippen molar-refractivity contribution in [3.8, 4) is 0 Å². The van der Waals surface area contributed by atoms with Crippen molar-refractivity contribution in [2.24, 2.45) is 5.41 Å². The maximum atomic E-state index is 11.6. The molecule has 2 N–H and O–H groups in total. The molecule has 0 aromatic heterocycles. The summed E-state index contributed by atoms with van der Waals surface area (Å²) >= 11 is 0. The molecular formula is C17H34N2O2. The zero-order chi connectivity index (χ0) is 15.9. The van der Waals surface area contributed by atoms with Crippen LogP contribution in [0.15, 0.2) is 0 Å². The smallest absolute Gasteiger partial charge is 0.323 e. The van der Waals surface area contributed by atoms with Crippen LogP contribution in [-0.4, -0.2) is 47.7 Å². The Labute approximate surface area is 130 Å². The van der Waals surface area contributed by atoms with Gasteiger partial charge in [0.1, 0.15) is 5.54 Å². The average molecular weight is 298 g/mol. The van der Waals surface area contributed by atoms with Crippen LogP contribution in [0.4, 0.5) is 0 Å². The fraction of sp³-hybridized carbons (Fsp3) is 0.941. The Kier molecular flexibility index (Phi) is 7.14. The molecule has 0 spiro atoms. The van der Waals surface area contributed by atoms with E-state index in [-0.39, 0.29) is 0 Å². The van der Waals surface area contributed by atoms with E-state index in [4.69, 9.17) is 0 Å². The number of carbonyl (C=O) groups is 1. The topological polar surface area (TPSA) is 52.6 Å². The molecule has 0 radical (unpaired) electrons. The van der Waals surface area contributed by atoms with Crippen molar-refractivity contribution < 1.29 is 9.90 Å². The summed E-state index contributed by atoms with van der Waals surface area (Å²) in [6.07, 6.45) is 6.12. The zero-order valence-corrected chi connectivity index (χ0v) is 14.4. The number of hydrogen-bond acceptors (Lipinski definition) is 3. The molecule has 1 heterocycles. The monoisotopic (exact) mass is 298 g/mol. The number of likely N-dealkylation sites (N-methyl/N-ethyl adjacent to an activating group) is 1. The third kappa shape index (κ3) is 4.96. The van der Waals surface area contributed by atoms with Gasteiger partial charge in [-0.15, -0.1) is 0 Å². The van der Waals surface area contributed by atoms with Gasteiger partial charge in [-0.1, -0.05) is 34.1 Å². The Morgan fingerprint density at radius 2 is 1.90 bits per heavy atom. The Morgan fingerprint density at radius 1 is 1.29 bits per heavy atom. The molecule has 0 saturated carbocycles. The van der Waals surface area contributed by atoms with Crippen molar-refractivity contribution in [1.29, 1.82) is 0 Å². The number of piperidine rings is 1. The van der Waals surface area contributed by atoms with Gasteiger partial charge in [0.05, 0.1) is 0 Å². The molecule has 1 aliphatic heterocycles. The minimum absolute atomic E-state index is 0.522. The largest absolute Gasteiger partial charge is 0.480 e. The maximum absolute atomic E-state index is 11.6. The lowest BCUT2D eigenvalue weighted by molar-refractivity contribution is -0.145. The summed E-state index contributed by atoms with van der Waals surface area (Å²) in [7, 11) is 0. The molecule has 0 bridgehead atoms. The van der Waals surface area contributed by atoms with Crippen molar-refractivity contribution in [3.05, 3.63) is 0 Å². The second kappa shape index (κ2) is 8.14. The first-order valence-electron chi connectivity index (χ1n) is 8.62. The lowest BCUT2D eigenvalue weighted by Gasteiger charge is -2.39. The highest BCUT2D eigenvalue weighted by molar-refractivity contribution is 5.78. The fourth-order valence-corrected chi connectivity index (χ4v) is 3.34. The Bertz CT molecular complexity index is 325. The van der Waals surface area contributed by atoms with E-state index in [9.17, 15) is 9.90 Å². The zero-order valence-electron chi connectivity index (χ0n) is 14.4. The van der Waals surface area contributed by atoms with Crippen LogP contribution in [-0.2, 0) is 4.79 Å². The van der Waals surface area contributed by atoms with Gasteiger partial charge in [-0.2, -0.15) is 0 Å². The van der Waals surface area contributed by atoms with Gasteiger partial charge in [0.15, 0.2) is 0 Å². The first kappa shape index (κ1) is 18.4. The Balaban J connectivity index is 2.40. The van der Waals surface area contributed by atoms with Crippen molar-refractivity contribution in [1.82, 2.24) is 10.2 Å². The molecule has 124 valence electrons. The summed E-state index contributed by atoms with van der Waals surface area (Å²) in [6.45, 7) is 12.7. The highest BCUT2D eigenvalue weighted by Crippen LogP contribution is 2.34. The van der Waals surface area contributed by atoms with Crippen LogP contribution in [0.25, 0.3) is 0 Å². The number of nitrogens with zero attached hydrogens (tertiary/aromatic N) is 1. The number of nitrogens with one attached hydrogen (secondary N) is 1. The second-order valence-electron chi connectivity index (χ2n) is 6.88. The van der Waals surface area contributed by atoms with Crippen LogP contribution < -0.4 is 5.32 Å². The van der Waals surface area contributed by atoms with Crippen LogP contribution in [0.3, 0.4) is 0 Å². The van der Waals surface area contributed by atoms with Gasteiger partial charge < -0.3 is 15.3 Å². The number of aliphatic carboxylic acids is 1. The standard InChI is InChI=1S/C17H34N2O2/c1-5-16(4)10-13-19(14-11-16)12-8-9-17(6-2,15(20)21)18-7-3/h18H,5-14H2,1-4H3,(H,20,21). The SMILES string of the molecule is CCNC(CC)(CCCN1CCC(C)(CC)CC1)C(=O)O. The highest BCUT2D eigenvalue weighted by Gasteiger charge is 2.35. The van der Waals surface area contributed by atoms with Crippen LogP contribution in [0, 0.1) is 5.41 Å². The predicted molar refractivity (Wildman–Crippen MR) is 87.6 cm³/mol. The average Bonchev–Trinajstić information content (AvgIpc) is 2.48. The van der Waals surface area contributed by atoms with Crippen molar-refractivity contribution >= 4 is 5.97 Å². The lowest BCUT2D eigenvalue weighted by Crippen LogP contribution is -2.52. The van der Waals surface area contributed by atoms with E-state index < -0.39 is 11.5 Å². The van der Waals surface area contributed by atoms with E-state index in [2.05, 4.69) is 24.1 Å². The minimum Gasteiger partial charge on any atom is -0.480 e. The number of rotatable bonds is 9. The fourth-order valence-electron chi connectivity index (χ4n) is 3.34. The molecule has 1 aliphatic rings. The molecule has 1 rings (SSSR count). The maximum Gasteiger partial charge on any atom is 0.323 e. The molecule has 1 fully saturated rings. The molecule has 1 atom stereocenters. The van der Waals surface area contributed by atoms with Crippen molar-refractivity contribution in [2.75, 3.05) is 26.2 Å². The molecule has 4 heteroatoms. The molecule has 4 nitrogen and oxygen atoms in total. The number of hydrogen-bond donors (Lipinski definition) is 2. The Hall–Kier alpha value is -0.610. The highest BCUT2D eigenvalue weighted by atomic mass is 16.4. The normalized spacial score (nSPS) is 21.9. The van der Waals surface area contributed by atoms with Gasteiger partial charge in [-0.3, -0.25) is 4.79 Å². The summed E-state index contributed by atoms with van der Waals surface area (Å²) in [5.74, 6) is -0.705. The molecule has 0 amide bonds.